The molecule has 0 radical (unpaired) electrons. The van der Waals surface area contributed by atoms with Crippen LogP contribution in [0.1, 0.15) is 20.8 Å². The summed E-state index contributed by atoms with van der Waals surface area (Å²) < 4.78 is 4.62. The van der Waals surface area contributed by atoms with E-state index in [0.717, 1.165) is 5.57 Å². The lowest BCUT2D eigenvalue weighted by atomic mass is 10.4. The van der Waals surface area contributed by atoms with E-state index >= 15 is 0 Å². The number of rotatable bonds is 2. The number of carbonyl (C=O) groups excluding carboxylic acids is 1. The van der Waals surface area contributed by atoms with Crippen LogP contribution in [0.25, 0.3) is 0 Å². The van der Waals surface area contributed by atoms with Crippen LogP contribution in [-0.2, 0) is 9.53 Å². The molecule has 0 fully saturated rings. The summed E-state index contributed by atoms with van der Waals surface area (Å²) in [6, 6.07) is 0. The molecule has 2 nitrogen and oxygen atoms in total. The first kappa shape index (κ1) is 8.99. The van der Waals surface area contributed by atoms with Gasteiger partial charge in [-0.3, -0.25) is 0 Å². The standard InChI is InChI=1S/C8H12O2/c1-4-10-8(9)6-5-7(2)3/h6H,4H2,1-3H3. The lowest BCUT2D eigenvalue weighted by molar-refractivity contribution is -0.137. The Morgan fingerprint density at radius 1 is 1.60 bits per heavy atom. The van der Waals surface area contributed by atoms with Crippen LogP contribution in [0.2, 0.25) is 0 Å². The molecule has 0 N–H and O–H groups in total. The van der Waals surface area contributed by atoms with E-state index in [4.69, 9.17) is 0 Å². The zero-order chi connectivity index (χ0) is 7.98. The van der Waals surface area contributed by atoms with E-state index in [1.165, 1.54) is 6.08 Å². The minimum atomic E-state index is -0.330. The van der Waals surface area contributed by atoms with E-state index in [0.29, 0.717) is 6.61 Å². The number of hydrogen-bond acceptors (Lipinski definition) is 2. The summed E-state index contributed by atoms with van der Waals surface area (Å²) >= 11 is 0. The lowest BCUT2D eigenvalue weighted by Gasteiger charge is -1.91. The molecule has 0 aromatic rings. The molecule has 0 aliphatic rings. The van der Waals surface area contributed by atoms with E-state index < -0.39 is 0 Å². The minimum Gasteiger partial charge on any atom is -0.462 e. The fraction of sp³-hybridized carbons (Fsp3) is 0.500. The highest BCUT2D eigenvalue weighted by Crippen LogP contribution is 1.84. The third kappa shape index (κ3) is 5.13. The number of ether oxygens (including phenoxy) is 1. The van der Waals surface area contributed by atoms with E-state index in [2.05, 4.69) is 10.5 Å². The molecule has 0 saturated carbocycles. The van der Waals surface area contributed by atoms with Crippen molar-refractivity contribution in [1.82, 2.24) is 0 Å². The van der Waals surface area contributed by atoms with Crippen LogP contribution < -0.4 is 0 Å². The zero-order valence-electron chi connectivity index (χ0n) is 6.60. The quantitative estimate of drug-likeness (QED) is 0.331. The van der Waals surface area contributed by atoms with Gasteiger partial charge in [-0.1, -0.05) is 0 Å². The van der Waals surface area contributed by atoms with Gasteiger partial charge in [0.25, 0.3) is 0 Å². The van der Waals surface area contributed by atoms with Crippen molar-refractivity contribution in [3.05, 3.63) is 17.4 Å². The molecular formula is C8H12O2. The molecule has 0 saturated heterocycles. The Balaban J connectivity index is 3.90. The Kier molecular flexibility index (Phi) is 4.34. The van der Waals surface area contributed by atoms with Crippen LogP contribution in [-0.4, -0.2) is 12.6 Å². The van der Waals surface area contributed by atoms with Crippen molar-refractivity contribution in [3.63, 3.8) is 0 Å². The van der Waals surface area contributed by atoms with Gasteiger partial charge in [0.2, 0.25) is 0 Å². The predicted molar refractivity (Wildman–Crippen MR) is 39.6 cm³/mol. The maximum Gasteiger partial charge on any atom is 0.338 e. The van der Waals surface area contributed by atoms with Crippen LogP contribution in [0.3, 0.4) is 0 Å². The SMILES string of the molecule is CCOC(=O)C=C=C(C)C. The van der Waals surface area contributed by atoms with Gasteiger partial charge in [-0.2, -0.15) is 0 Å². The zero-order valence-corrected chi connectivity index (χ0v) is 6.60. The number of hydrogen-bond donors (Lipinski definition) is 0. The number of carbonyl (C=O) groups is 1. The highest BCUT2D eigenvalue weighted by atomic mass is 16.5. The maximum absolute atomic E-state index is 10.6. The van der Waals surface area contributed by atoms with Crippen LogP contribution in [0, 0.1) is 0 Å². The molecule has 2 heteroatoms. The highest BCUT2D eigenvalue weighted by molar-refractivity contribution is 5.81. The van der Waals surface area contributed by atoms with Crippen LogP contribution in [0.4, 0.5) is 0 Å². The molecule has 0 rings (SSSR count). The second-order valence-corrected chi connectivity index (χ2v) is 2.04. The van der Waals surface area contributed by atoms with Crippen molar-refractivity contribution in [2.45, 2.75) is 20.8 Å². The molecule has 0 aliphatic carbocycles. The minimum absolute atomic E-state index is 0.330. The van der Waals surface area contributed by atoms with Crippen molar-refractivity contribution in [2.24, 2.45) is 0 Å². The Hall–Kier alpha value is -1.01. The molecule has 0 aromatic heterocycles. The van der Waals surface area contributed by atoms with Crippen molar-refractivity contribution in [2.75, 3.05) is 6.61 Å². The Morgan fingerprint density at radius 2 is 2.20 bits per heavy atom. The van der Waals surface area contributed by atoms with E-state index in [-0.39, 0.29) is 5.97 Å². The fourth-order valence-corrected chi connectivity index (χ4v) is 0.387. The lowest BCUT2D eigenvalue weighted by Crippen LogP contribution is -1.97. The van der Waals surface area contributed by atoms with Gasteiger partial charge in [0, 0.05) is 0 Å². The molecule has 0 aliphatic heterocycles. The van der Waals surface area contributed by atoms with E-state index in [1.807, 2.05) is 13.8 Å². The largest absolute Gasteiger partial charge is 0.462 e. The van der Waals surface area contributed by atoms with Crippen LogP contribution >= 0.6 is 0 Å². The normalized spacial score (nSPS) is 7.90. The third-order valence-electron chi connectivity index (χ3n) is 0.765. The maximum atomic E-state index is 10.6. The summed E-state index contributed by atoms with van der Waals surface area (Å²) in [6.07, 6.45) is 1.30. The van der Waals surface area contributed by atoms with Gasteiger partial charge in [-0.05, 0) is 26.3 Å². The first-order valence-corrected chi connectivity index (χ1v) is 3.23. The Bertz CT molecular complexity index is 170. The first-order chi connectivity index (χ1) is 4.66. The molecular weight excluding hydrogens is 128 g/mol. The molecule has 10 heavy (non-hydrogen) atoms. The third-order valence-corrected chi connectivity index (χ3v) is 0.765. The van der Waals surface area contributed by atoms with Gasteiger partial charge in [-0.15, -0.1) is 5.73 Å². The molecule has 0 spiro atoms. The summed E-state index contributed by atoms with van der Waals surface area (Å²) in [7, 11) is 0. The van der Waals surface area contributed by atoms with Gasteiger partial charge in [0.15, 0.2) is 0 Å². The second kappa shape index (κ2) is 4.83. The molecule has 0 amide bonds. The Labute approximate surface area is 61.2 Å². The summed E-state index contributed by atoms with van der Waals surface area (Å²) in [6.45, 7) is 5.93. The monoisotopic (exact) mass is 140 g/mol. The van der Waals surface area contributed by atoms with Gasteiger partial charge in [-0.25, -0.2) is 4.79 Å². The van der Waals surface area contributed by atoms with Crippen molar-refractivity contribution >= 4 is 5.97 Å². The molecule has 0 atom stereocenters. The van der Waals surface area contributed by atoms with Crippen LogP contribution in [0.5, 0.6) is 0 Å². The molecule has 0 unspecified atom stereocenters. The fourth-order valence-electron chi connectivity index (χ4n) is 0.387. The first-order valence-electron chi connectivity index (χ1n) is 3.23. The highest BCUT2D eigenvalue weighted by Gasteiger charge is 1.89. The predicted octanol–water partition coefficient (Wildman–Crippen LogP) is 1.67. The average molecular weight is 140 g/mol. The number of esters is 1. The molecule has 56 valence electrons. The van der Waals surface area contributed by atoms with Crippen LogP contribution in [0.15, 0.2) is 17.4 Å². The van der Waals surface area contributed by atoms with Crippen molar-refractivity contribution < 1.29 is 9.53 Å². The summed E-state index contributed by atoms with van der Waals surface area (Å²) in [4.78, 5) is 10.6. The summed E-state index contributed by atoms with van der Waals surface area (Å²) in [5.74, 6) is -0.330. The van der Waals surface area contributed by atoms with E-state index in [9.17, 15) is 4.79 Å². The van der Waals surface area contributed by atoms with Gasteiger partial charge >= 0.3 is 5.97 Å². The van der Waals surface area contributed by atoms with Gasteiger partial charge in [0.1, 0.15) is 0 Å². The van der Waals surface area contributed by atoms with E-state index in [1.54, 1.807) is 6.92 Å². The Morgan fingerprint density at radius 3 is 2.60 bits per heavy atom. The van der Waals surface area contributed by atoms with Crippen molar-refractivity contribution in [1.29, 1.82) is 0 Å². The molecule has 0 aromatic carbocycles. The summed E-state index contributed by atoms with van der Waals surface area (Å²) in [5.41, 5.74) is 3.71. The smallest absolute Gasteiger partial charge is 0.338 e. The molecule has 0 heterocycles. The van der Waals surface area contributed by atoms with Gasteiger partial charge < -0.3 is 4.74 Å². The summed E-state index contributed by atoms with van der Waals surface area (Å²) in [5, 5.41) is 0. The average Bonchev–Trinajstić information content (AvgIpc) is 1.85. The van der Waals surface area contributed by atoms with Crippen molar-refractivity contribution in [3.8, 4) is 0 Å². The molecule has 0 bridgehead atoms. The topological polar surface area (TPSA) is 26.3 Å². The van der Waals surface area contributed by atoms with Gasteiger partial charge in [0.05, 0.1) is 12.7 Å². The second-order valence-electron chi connectivity index (χ2n) is 2.04.